The van der Waals surface area contributed by atoms with Gasteiger partial charge in [0.2, 0.25) is 0 Å². The standard InChI is InChI=1S/C29H30N4O/c34-29-25-9-3-4-10-26(25)30-21-33(29)24-15-17-31(18-16-24)19-20-32-27-11-5-1-7-22(27)13-14-23-8-2-6-12-28(23)32/h1-12,21,24H,13-20H2. The Morgan fingerprint density at radius 3 is 2.09 bits per heavy atom. The van der Waals surface area contributed by atoms with Crippen LogP contribution in [0.5, 0.6) is 0 Å². The Hall–Kier alpha value is -3.44. The molecule has 2 aliphatic heterocycles. The van der Waals surface area contributed by atoms with E-state index in [0.29, 0.717) is 5.39 Å². The highest BCUT2D eigenvalue weighted by Crippen LogP contribution is 2.35. The Morgan fingerprint density at radius 2 is 1.38 bits per heavy atom. The first kappa shape index (κ1) is 21.1. The third-order valence-corrected chi connectivity index (χ3v) is 7.51. The number of likely N-dealkylation sites (tertiary alicyclic amines) is 1. The molecule has 34 heavy (non-hydrogen) atoms. The van der Waals surface area contributed by atoms with Crippen LogP contribution in [0.4, 0.5) is 11.4 Å². The highest BCUT2D eigenvalue weighted by Gasteiger charge is 2.24. The summed E-state index contributed by atoms with van der Waals surface area (Å²) in [5.41, 5.74) is 6.41. The van der Waals surface area contributed by atoms with Gasteiger partial charge in [-0.15, -0.1) is 0 Å². The predicted molar refractivity (Wildman–Crippen MR) is 138 cm³/mol. The van der Waals surface area contributed by atoms with Crippen LogP contribution >= 0.6 is 0 Å². The van der Waals surface area contributed by atoms with Crippen LogP contribution in [0.1, 0.15) is 30.0 Å². The van der Waals surface area contributed by atoms with Crippen molar-refractivity contribution in [3.63, 3.8) is 0 Å². The lowest BCUT2D eigenvalue weighted by atomic mass is 10.0. The SMILES string of the molecule is O=c1c2ccccc2ncn1C1CCN(CCN2c3ccccc3CCc3ccccc32)CC1. The molecule has 3 aromatic carbocycles. The number of piperidine rings is 1. The van der Waals surface area contributed by atoms with E-state index in [1.165, 1.54) is 22.5 Å². The van der Waals surface area contributed by atoms with Crippen LogP contribution < -0.4 is 10.5 Å². The Kier molecular flexibility index (Phi) is 5.63. The molecule has 0 aliphatic carbocycles. The van der Waals surface area contributed by atoms with Gasteiger partial charge >= 0.3 is 0 Å². The van der Waals surface area contributed by atoms with Crippen LogP contribution in [-0.2, 0) is 12.8 Å². The molecule has 1 saturated heterocycles. The molecule has 0 amide bonds. The van der Waals surface area contributed by atoms with Gasteiger partial charge in [0, 0.05) is 43.6 Å². The number of hydrogen-bond acceptors (Lipinski definition) is 4. The number of benzene rings is 3. The molecule has 0 saturated carbocycles. The fraction of sp³-hybridized carbons (Fsp3) is 0.310. The van der Waals surface area contributed by atoms with Gasteiger partial charge < -0.3 is 9.80 Å². The van der Waals surface area contributed by atoms with Crippen molar-refractivity contribution in [1.82, 2.24) is 14.5 Å². The summed E-state index contributed by atoms with van der Waals surface area (Å²) in [7, 11) is 0. The molecule has 5 nitrogen and oxygen atoms in total. The fourth-order valence-corrected chi connectivity index (χ4v) is 5.62. The van der Waals surface area contributed by atoms with Crippen LogP contribution in [0.2, 0.25) is 0 Å². The summed E-state index contributed by atoms with van der Waals surface area (Å²) in [6.45, 7) is 3.98. The zero-order valence-corrected chi connectivity index (χ0v) is 19.4. The minimum absolute atomic E-state index is 0.0850. The van der Waals surface area contributed by atoms with Gasteiger partial charge in [0.25, 0.3) is 5.56 Å². The van der Waals surface area contributed by atoms with E-state index in [-0.39, 0.29) is 11.6 Å². The van der Waals surface area contributed by atoms with Gasteiger partial charge in [0.1, 0.15) is 0 Å². The lowest BCUT2D eigenvalue weighted by Crippen LogP contribution is -2.41. The second kappa shape index (κ2) is 9.07. The molecule has 3 heterocycles. The van der Waals surface area contributed by atoms with E-state index in [2.05, 4.69) is 63.3 Å². The number of aromatic nitrogens is 2. The van der Waals surface area contributed by atoms with Crippen LogP contribution in [-0.4, -0.2) is 40.6 Å². The van der Waals surface area contributed by atoms with E-state index < -0.39 is 0 Å². The van der Waals surface area contributed by atoms with Crippen LogP contribution in [0.15, 0.2) is 83.9 Å². The molecule has 0 unspecified atom stereocenters. The Bertz CT molecular complexity index is 1320. The van der Waals surface area contributed by atoms with E-state index in [4.69, 9.17) is 0 Å². The summed E-state index contributed by atoms with van der Waals surface area (Å²) in [6, 6.07) is 25.5. The first-order valence-corrected chi connectivity index (χ1v) is 12.4. The lowest BCUT2D eigenvalue weighted by Gasteiger charge is -2.35. The average Bonchev–Trinajstić information content (AvgIpc) is 3.05. The summed E-state index contributed by atoms with van der Waals surface area (Å²) in [5, 5.41) is 0.714. The monoisotopic (exact) mass is 450 g/mol. The quantitative estimate of drug-likeness (QED) is 0.440. The van der Waals surface area contributed by atoms with Crippen molar-refractivity contribution in [2.45, 2.75) is 31.7 Å². The Morgan fingerprint density at radius 1 is 0.765 bits per heavy atom. The van der Waals surface area contributed by atoms with Crippen molar-refractivity contribution in [2.24, 2.45) is 0 Å². The zero-order valence-electron chi connectivity index (χ0n) is 19.4. The third-order valence-electron chi connectivity index (χ3n) is 7.51. The van der Waals surface area contributed by atoms with Gasteiger partial charge in [-0.1, -0.05) is 48.5 Å². The Balaban J connectivity index is 1.16. The minimum Gasteiger partial charge on any atom is -0.340 e. The second-order valence-corrected chi connectivity index (χ2v) is 9.46. The molecule has 0 bridgehead atoms. The molecule has 1 aromatic heterocycles. The maximum atomic E-state index is 13.0. The summed E-state index contributed by atoms with van der Waals surface area (Å²) in [4.78, 5) is 22.6. The molecule has 0 atom stereocenters. The van der Waals surface area contributed by atoms with Crippen molar-refractivity contribution in [3.05, 3.63) is 101 Å². The third kappa shape index (κ3) is 3.90. The minimum atomic E-state index is 0.0850. The van der Waals surface area contributed by atoms with E-state index in [0.717, 1.165) is 57.4 Å². The largest absolute Gasteiger partial charge is 0.340 e. The molecule has 1 fully saturated rings. The molecule has 4 aromatic rings. The number of aryl methyl sites for hydroxylation is 2. The average molecular weight is 451 g/mol. The normalized spacial score (nSPS) is 16.8. The number of hydrogen-bond donors (Lipinski definition) is 0. The van der Waals surface area contributed by atoms with Gasteiger partial charge in [0.15, 0.2) is 0 Å². The van der Waals surface area contributed by atoms with Crippen molar-refractivity contribution >= 4 is 22.3 Å². The predicted octanol–water partition coefficient (Wildman–Crippen LogP) is 4.97. The number of nitrogens with zero attached hydrogens (tertiary/aromatic N) is 4. The van der Waals surface area contributed by atoms with Crippen LogP contribution in [0.3, 0.4) is 0 Å². The maximum Gasteiger partial charge on any atom is 0.261 e. The van der Waals surface area contributed by atoms with E-state index in [1.54, 1.807) is 6.33 Å². The summed E-state index contributed by atoms with van der Waals surface area (Å²) in [6.07, 6.45) is 5.88. The maximum absolute atomic E-state index is 13.0. The van der Waals surface area contributed by atoms with E-state index in [1.807, 2.05) is 28.8 Å². The molecule has 0 radical (unpaired) electrons. The van der Waals surface area contributed by atoms with Crippen LogP contribution in [0, 0.1) is 0 Å². The molecule has 5 heteroatoms. The number of fused-ring (bicyclic) bond motifs is 3. The van der Waals surface area contributed by atoms with Crippen molar-refractivity contribution in [1.29, 1.82) is 0 Å². The summed E-state index contributed by atoms with van der Waals surface area (Å²) < 4.78 is 1.86. The molecule has 2 aliphatic rings. The first-order chi connectivity index (χ1) is 16.8. The fourth-order valence-electron chi connectivity index (χ4n) is 5.62. The summed E-state index contributed by atoms with van der Waals surface area (Å²) in [5.74, 6) is 0. The first-order valence-electron chi connectivity index (χ1n) is 12.4. The Labute approximate surface area is 200 Å². The molecular weight excluding hydrogens is 420 g/mol. The highest BCUT2D eigenvalue weighted by molar-refractivity contribution is 5.77. The van der Waals surface area contributed by atoms with Gasteiger partial charge in [-0.3, -0.25) is 9.36 Å². The van der Waals surface area contributed by atoms with Crippen molar-refractivity contribution < 1.29 is 0 Å². The molecular formula is C29H30N4O. The number of anilines is 2. The number of rotatable bonds is 4. The summed E-state index contributed by atoms with van der Waals surface area (Å²) >= 11 is 0. The molecule has 0 spiro atoms. The van der Waals surface area contributed by atoms with E-state index >= 15 is 0 Å². The topological polar surface area (TPSA) is 41.4 Å². The molecule has 0 N–H and O–H groups in total. The molecule has 6 rings (SSSR count). The van der Waals surface area contributed by atoms with Crippen molar-refractivity contribution in [3.8, 4) is 0 Å². The number of para-hydroxylation sites is 3. The smallest absolute Gasteiger partial charge is 0.261 e. The van der Waals surface area contributed by atoms with E-state index in [9.17, 15) is 4.79 Å². The van der Waals surface area contributed by atoms with Gasteiger partial charge in [0.05, 0.1) is 17.2 Å². The van der Waals surface area contributed by atoms with Gasteiger partial charge in [-0.25, -0.2) is 4.98 Å². The van der Waals surface area contributed by atoms with Gasteiger partial charge in [-0.2, -0.15) is 0 Å². The van der Waals surface area contributed by atoms with Crippen LogP contribution in [0.25, 0.3) is 10.9 Å². The second-order valence-electron chi connectivity index (χ2n) is 9.46. The lowest BCUT2D eigenvalue weighted by molar-refractivity contribution is 0.188. The van der Waals surface area contributed by atoms with Crippen molar-refractivity contribution in [2.75, 3.05) is 31.1 Å². The van der Waals surface area contributed by atoms with Gasteiger partial charge in [-0.05, 0) is 61.1 Å². The molecule has 172 valence electrons. The zero-order chi connectivity index (χ0) is 22.9. The highest BCUT2D eigenvalue weighted by atomic mass is 16.1.